The summed E-state index contributed by atoms with van der Waals surface area (Å²) in [5.41, 5.74) is 1.24. The Balaban J connectivity index is 0.000000656. The first-order chi connectivity index (χ1) is 14.2. The minimum atomic E-state index is -1.82. The maximum absolute atomic E-state index is 12.2. The van der Waals surface area contributed by atoms with Crippen LogP contribution in [0.25, 0.3) is 0 Å². The second-order valence-corrected chi connectivity index (χ2v) is 7.68. The summed E-state index contributed by atoms with van der Waals surface area (Å²) in [5.74, 6) is -1.61. The van der Waals surface area contributed by atoms with Crippen LogP contribution in [0.2, 0.25) is 0 Å². The highest BCUT2D eigenvalue weighted by Gasteiger charge is 2.25. The van der Waals surface area contributed by atoms with E-state index < -0.39 is 11.9 Å². The van der Waals surface area contributed by atoms with Crippen LogP contribution in [0.4, 0.5) is 0 Å². The smallest absolute Gasteiger partial charge is 0.414 e. The van der Waals surface area contributed by atoms with E-state index in [0.29, 0.717) is 12.5 Å². The molecular weight excluding hydrogens is 388 g/mol. The van der Waals surface area contributed by atoms with Crippen molar-refractivity contribution in [2.24, 2.45) is 11.8 Å². The standard InChI is InChI=1S/C20H32N2O2.C2H2O4/c1-4-24-19-8-6-5-7-18(19)15-22-13-10-17(11-14-22)20(23)21-12-9-16(2)3;3-1(4)2(5)6/h5-8,16-17H,4,9-15H2,1-3H3,(H,21,23);(H,3,4)(H,5,6). The lowest BCUT2D eigenvalue weighted by atomic mass is 9.95. The fourth-order valence-corrected chi connectivity index (χ4v) is 3.15. The second-order valence-electron chi connectivity index (χ2n) is 7.68. The topological polar surface area (TPSA) is 116 Å². The Morgan fingerprint density at radius 2 is 1.73 bits per heavy atom. The first-order valence-corrected chi connectivity index (χ1v) is 10.4. The number of likely N-dealkylation sites (tertiary alicyclic amines) is 1. The maximum Gasteiger partial charge on any atom is 0.414 e. The van der Waals surface area contributed by atoms with Crippen molar-refractivity contribution in [3.05, 3.63) is 29.8 Å². The summed E-state index contributed by atoms with van der Waals surface area (Å²) < 4.78 is 5.71. The summed E-state index contributed by atoms with van der Waals surface area (Å²) in [6, 6.07) is 8.25. The van der Waals surface area contributed by atoms with Crippen molar-refractivity contribution in [3.8, 4) is 5.75 Å². The monoisotopic (exact) mass is 422 g/mol. The number of carboxylic acid groups (broad SMARTS) is 2. The van der Waals surface area contributed by atoms with Gasteiger partial charge in [0.25, 0.3) is 0 Å². The number of carbonyl (C=O) groups is 3. The average molecular weight is 423 g/mol. The Morgan fingerprint density at radius 1 is 1.13 bits per heavy atom. The number of nitrogens with one attached hydrogen (secondary N) is 1. The van der Waals surface area contributed by atoms with Gasteiger partial charge in [0, 0.05) is 24.6 Å². The molecule has 3 N–H and O–H groups in total. The number of rotatable bonds is 8. The fraction of sp³-hybridized carbons (Fsp3) is 0.591. The number of ether oxygens (including phenoxy) is 1. The predicted molar refractivity (Wildman–Crippen MR) is 113 cm³/mol. The van der Waals surface area contributed by atoms with E-state index in [9.17, 15) is 4.79 Å². The molecule has 1 heterocycles. The van der Waals surface area contributed by atoms with Gasteiger partial charge in [0.1, 0.15) is 5.75 Å². The van der Waals surface area contributed by atoms with Crippen molar-refractivity contribution < 1.29 is 29.3 Å². The molecule has 0 aliphatic carbocycles. The molecule has 1 aromatic rings. The van der Waals surface area contributed by atoms with E-state index >= 15 is 0 Å². The van der Waals surface area contributed by atoms with Gasteiger partial charge in [0.2, 0.25) is 5.91 Å². The number of para-hydroxylation sites is 1. The van der Waals surface area contributed by atoms with Crippen molar-refractivity contribution in [2.45, 2.75) is 46.6 Å². The van der Waals surface area contributed by atoms with E-state index in [0.717, 1.165) is 51.2 Å². The lowest BCUT2D eigenvalue weighted by Gasteiger charge is -2.31. The zero-order valence-corrected chi connectivity index (χ0v) is 18.1. The fourth-order valence-electron chi connectivity index (χ4n) is 3.15. The lowest BCUT2D eigenvalue weighted by molar-refractivity contribution is -0.159. The average Bonchev–Trinajstić information content (AvgIpc) is 2.70. The quantitative estimate of drug-likeness (QED) is 0.552. The Kier molecular flexibility index (Phi) is 11.5. The van der Waals surface area contributed by atoms with E-state index in [1.54, 1.807) is 0 Å². The van der Waals surface area contributed by atoms with Crippen molar-refractivity contribution in [1.82, 2.24) is 10.2 Å². The van der Waals surface area contributed by atoms with Gasteiger partial charge in [-0.2, -0.15) is 0 Å². The Labute approximate surface area is 178 Å². The normalized spacial score (nSPS) is 14.5. The molecule has 2 rings (SSSR count). The molecule has 8 heteroatoms. The SMILES string of the molecule is CCOc1ccccc1CN1CCC(C(=O)NCCC(C)C)CC1.O=C(O)C(=O)O. The van der Waals surface area contributed by atoms with Crippen molar-refractivity contribution in [1.29, 1.82) is 0 Å². The molecule has 1 aromatic carbocycles. The maximum atomic E-state index is 12.2. The molecule has 1 amide bonds. The molecule has 0 bridgehead atoms. The molecule has 0 atom stereocenters. The van der Waals surface area contributed by atoms with Crippen LogP contribution in [0.1, 0.15) is 45.6 Å². The Morgan fingerprint density at radius 3 is 2.27 bits per heavy atom. The minimum Gasteiger partial charge on any atom is -0.494 e. The third kappa shape index (κ3) is 9.73. The minimum absolute atomic E-state index is 0.176. The molecule has 8 nitrogen and oxygen atoms in total. The Hall–Kier alpha value is -2.61. The van der Waals surface area contributed by atoms with Crippen molar-refractivity contribution >= 4 is 17.8 Å². The van der Waals surface area contributed by atoms with Gasteiger partial charge in [0.15, 0.2) is 0 Å². The third-order valence-electron chi connectivity index (χ3n) is 4.83. The summed E-state index contributed by atoms with van der Waals surface area (Å²) in [7, 11) is 0. The predicted octanol–water partition coefficient (Wildman–Crippen LogP) is 2.62. The van der Waals surface area contributed by atoms with Crippen LogP contribution in [0, 0.1) is 11.8 Å². The summed E-state index contributed by atoms with van der Waals surface area (Å²) in [6.07, 6.45) is 2.95. The zero-order valence-electron chi connectivity index (χ0n) is 18.1. The van der Waals surface area contributed by atoms with Gasteiger partial charge >= 0.3 is 11.9 Å². The van der Waals surface area contributed by atoms with Crippen LogP contribution >= 0.6 is 0 Å². The highest BCUT2D eigenvalue weighted by atomic mass is 16.5. The molecule has 0 saturated carbocycles. The van der Waals surface area contributed by atoms with E-state index in [1.165, 1.54) is 5.56 Å². The van der Waals surface area contributed by atoms with Gasteiger partial charge in [-0.25, -0.2) is 9.59 Å². The number of hydrogen-bond donors (Lipinski definition) is 3. The van der Waals surface area contributed by atoms with Gasteiger partial charge in [-0.3, -0.25) is 9.69 Å². The van der Waals surface area contributed by atoms with Crippen LogP contribution in [0.5, 0.6) is 5.75 Å². The molecule has 0 radical (unpaired) electrons. The molecule has 168 valence electrons. The van der Waals surface area contributed by atoms with Crippen molar-refractivity contribution in [2.75, 3.05) is 26.2 Å². The zero-order chi connectivity index (χ0) is 22.5. The summed E-state index contributed by atoms with van der Waals surface area (Å²) >= 11 is 0. The van der Waals surface area contributed by atoms with Crippen LogP contribution < -0.4 is 10.1 Å². The number of aliphatic carboxylic acids is 2. The number of benzene rings is 1. The number of piperidine rings is 1. The molecule has 0 unspecified atom stereocenters. The summed E-state index contributed by atoms with van der Waals surface area (Å²) in [5, 5.41) is 17.9. The molecular formula is C22H34N2O6. The van der Waals surface area contributed by atoms with E-state index in [-0.39, 0.29) is 11.8 Å². The molecule has 1 fully saturated rings. The van der Waals surface area contributed by atoms with Gasteiger partial charge in [-0.1, -0.05) is 32.0 Å². The molecule has 0 spiro atoms. The molecule has 30 heavy (non-hydrogen) atoms. The second kappa shape index (κ2) is 13.6. The first-order valence-electron chi connectivity index (χ1n) is 10.4. The van der Waals surface area contributed by atoms with E-state index in [4.69, 9.17) is 24.5 Å². The number of carboxylic acids is 2. The van der Waals surface area contributed by atoms with E-state index in [2.05, 4.69) is 36.2 Å². The van der Waals surface area contributed by atoms with E-state index in [1.807, 2.05) is 19.1 Å². The first kappa shape index (κ1) is 25.4. The summed E-state index contributed by atoms with van der Waals surface area (Å²) in [4.78, 5) is 32.9. The molecule has 1 aliphatic heterocycles. The largest absolute Gasteiger partial charge is 0.494 e. The lowest BCUT2D eigenvalue weighted by Crippen LogP contribution is -2.40. The van der Waals surface area contributed by atoms with Gasteiger partial charge < -0.3 is 20.3 Å². The van der Waals surface area contributed by atoms with Crippen LogP contribution in [0.3, 0.4) is 0 Å². The van der Waals surface area contributed by atoms with Crippen LogP contribution in [-0.4, -0.2) is 59.2 Å². The van der Waals surface area contributed by atoms with Gasteiger partial charge in [-0.05, 0) is 51.3 Å². The highest BCUT2D eigenvalue weighted by Crippen LogP contribution is 2.23. The van der Waals surface area contributed by atoms with Gasteiger partial charge in [-0.15, -0.1) is 0 Å². The summed E-state index contributed by atoms with van der Waals surface area (Å²) in [6.45, 7) is 10.7. The molecule has 0 aromatic heterocycles. The molecule has 1 aliphatic rings. The van der Waals surface area contributed by atoms with Crippen LogP contribution in [0.15, 0.2) is 24.3 Å². The number of nitrogens with zero attached hydrogens (tertiary/aromatic N) is 1. The third-order valence-corrected chi connectivity index (χ3v) is 4.83. The number of hydrogen-bond acceptors (Lipinski definition) is 5. The Bertz CT molecular complexity index is 672. The van der Waals surface area contributed by atoms with Gasteiger partial charge in [0.05, 0.1) is 6.61 Å². The van der Waals surface area contributed by atoms with Crippen LogP contribution in [-0.2, 0) is 20.9 Å². The number of carbonyl (C=O) groups excluding carboxylic acids is 1. The van der Waals surface area contributed by atoms with Crippen molar-refractivity contribution in [3.63, 3.8) is 0 Å². The highest BCUT2D eigenvalue weighted by molar-refractivity contribution is 6.27. The number of amides is 1. The molecule has 1 saturated heterocycles.